The topological polar surface area (TPSA) is 83.8 Å². The van der Waals surface area contributed by atoms with Gasteiger partial charge in [-0.25, -0.2) is 0 Å². The van der Waals surface area contributed by atoms with Crippen molar-refractivity contribution in [2.75, 3.05) is 51.3 Å². The number of nitrogens with one attached hydrogen (secondary N) is 1. The molecule has 0 amide bonds. The van der Waals surface area contributed by atoms with E-state index in [4.69, 9.17) is 4.74 Å². The van der Waals surface area contributed by atoms with Crippen LogP contribution in [0.3, 0.4) is 0 Å². The fourth-order valence-electron chi connectivity index (χ4n) is 2.74. The summed E-state index contributed by atoms with van der Waals surface area (Å²) in [6.07, 6.45) is 0. The average Bonchev–Trinajstić information content (AvgIpc) is 2.45. The largest absolute Gasteiger partial charge is 0.481 e. The molecule has 0 atom stereocenters. The maximum atomic E-state index is 11.2. The van der Waals surface area contributed by atoms with E-state index in [0.717, 1.165) is 39.3 Å². The normalized spacial score (nSPS) is 20.1. The highest BCUT2D eigenvalue weighted by molar-refractivity contribution is 5.59. The van der Waals surface area contributed by atoms with E-state index < -0.39 is 0 Å². The predicted octanol–water partition coefficient (Wildman–Crippen LogP) is 0.0922. The fraction of sp³-hybridized carbons (Fsp3) is 0.615. The molecule has 2 aliphatic rings. The van der Waals surface area contributed by atoms with Crippen molar-refractivity contribution in [2.45, 2.75) is 6.04 Å². The molecule has 0 radical (unpaired) electrons. The Morgan fingerprint density at radius 1 is 1.33 bits per heavy atom. The maximum Gasteiger partial charge on any atom is 0.311 e. The summed E-state index contributed by atoms with van der Waals surface area (Å²) in [7, 11) is 1.51. The lowest BCUT2D eigenvalue weighted by atomic mass is 10.1. The molecule has 114 valence electrons. The lowest BCUT2D eigenvalue weighted by molar-refractivity contribution is -0.384. The third-order valence-corrected chi connectivity index (χ3v) is 4.12. The van der Waals surface area contributed by atoms with Crippen molar-refractivity contribution in [1.29, 1.82) is 0 Å². The quantitative estimate of drug-likeness (QED) is 0.622. The van der Waals surface area contributed by atoms with Crippen molar-refractivity contribution in [3.05, 3.63) is 22.2 Å². The Morgan fingerprint density at radius 2 is 2.05 bits per heavy atom. The molecule has 0 aliphatic carbocycles. The Bertz CT molecular complexity index is 527. The number of ether oxygens (including phenoxy) is 1. The highest BCUT2D eigenvalue weighted by atomic mass is 16.6. The second kappa shape index (κ2) is 5.82. The van der Waals surface area contributed by atoms with Crippen LogP contribution in [0, 0.1) is 10.1 Å². The first kappa shape index (κ1) is 14.0. The molecule has 3 heterocycles. The second-order valence-corrected chi connectivity index (χ2v) is 5.29. The van der Waals surface area contributed by atoms with Gasteiger partial charge < -0.3 is 15.0 Å². The minimum absolute atomic E-state index is 0.0366. The van der Waals surface area contributed by atoms with E-state index in [1.165, 1.54) is 19.2 Å². The number of nitrogens with zero attached hydrogens (tertiary/aromatic N) is 4. The Morgan fingerprint density at radius 3 is 2.57 bits per heavy atom. The third-order valence-electron chi connectivity index (χ3n) is 4.12. The Kier molecular flexibility index (Phi) is 3.89. The smallest absolute Gasteiger partial charge is 0.311 e. The molecule has 0 saturated carbocycles. The number of hydrogen-bond donors (Lipinski definition) is 1. The van der Waals surface area contributed by atoms with Gasteiger partial charge in [0.15, 0.2) is 0 Å². The molecule has 8 heteroatoms. The van der Waals surface area contributed by atoms with Gasteiger partial charge in [0.25, 0.3) is 0 Å². The molecule has 2 fully saturated rings. The van der Waals surface area contributed by atoms with Crippen molar-refractivity contribution in [1.82, 2.24) is 15.2 Å². The summed E-state index contributed by atoms with van der Waals surface area (Å²) < 4.78 is 5.09. The summed E-state index contributed by atoms with van der Waals surface area (Å²) in [4.78, 5) is 19.5. The van der Waals surface area contributed by atoms with Crippen molar-refractivity contribution in [3.63, 3.8) is 0 Å². The van der Waals surface area contributed by atoms with E-state index in [1.54, 1.807) is 0 Å². The Hall–Kier alpha value is -1.93. The van der Waals surface area contributed by atoms with Gasteiger partial charge in [-0.3, -0.25) is 15.0 Å². The number of hydrogen-bond acceptors (Lipinski definition) is 7. The van der Waals surface area contributed by atoms with E-state index in [9.17, 15) is 10.1 Å². The average molecular weight is 293 g/mol. The number of aromatic nitrogens is 1. The molecule has 8 nitrogen and oxygen atoms in total. The van der Waals surface area contributed by atoms with Crippen LogP contribution in [0.25, 0.3) is 0 Å². The van der Waals surface area contributed by atoms with Crippen LogP contribution in [0.5, 0.6) is 5.88 Å². The van der Waals surface area contributed by atoms with Gasteiger partial charge in [-0.2, -0.15) is 4.98 Å². The molecule has 0 unspecified atom stereocenters. The zero-order valence-electron chi connectivity index (χ0n) is 12.0. The summed E-state index contributed by atoms with van der Waals surface area (Å²) in [5.74, 6) is 0.812. The molecule has 3 rings (SSSR count). The minimum Gasteiger partial charge on any atom is -0.481 e. The van der Waals surface area contributed by atoms with Crippen LogP contribution >= 0.6 is 0 Å². The number of pyridine rings is 1. The van der Waals surface area contributed by atoms with Crippen LogP contribution in [-0.4, -0.2) is 67.2 Å². The van der Waals surface area contributed by atoms with E-state index in [-0.39, 0.29) is 10.6 Å². The standard InChI is InChI=1S/C13H19N5O3/c1-21-12-3-2-11(18(19)20)13(15-12)17-6-4-16(5-7-17)10-8-14-9-10/h2-3,10,14H,4-9H2,1H3. The number of rotatable bonds is 4. The van der Waals surface area contributed by atoms with Gasteiger partial charge in [0, 0.05) is 57.4 Å². The zero-order chi connectivity index (χ0) is 14.8. The third kappa shape index (κ3) is 2.77. The van der Waals surface area contributed by atoms with Crippen LogP contribution in [0.15, 0.2) is 12.1 Å². The molecule has 21 heavy (non-hydrogen) atoms. The van der Waals surface area contributed by atoms with Gasteiger partial charge in [-0.15, -0.1) is 0 Å². The van der Waals surface area contributed by atoms with Crippen molar-refractivity contribution in [2.24, 2.45) is 0 Å². The molecule has 1 N–H and O–H groups in total. The lowest BCUT2D eigenvalue weighted by Crippen LogP contribution is -2.61. The highest BCUT2D eigenvalue weighted by Gasteiger charge is 2.30. The molecule has 2 aliphatic heterocycles. The van der Waals surface area contributed by atoms with Crippen molar-refractivity contribution in [3.8, 4) is 5.88 Å². The number of nitro groups is 1. The first-order chi connectivity index (χ1) is 10.2. The van der Waals surface area contributed by atoms with Crippen LogP contribution in [-0.2, 0) is 0 Å². The SMILES string of the molecule is COc1ccc([N+](=O)[O-])c(N2CCN(C3CNC3)CC2)n1. The summed E-state index contributed by atoms with van der Waals surface area (Å²) in [6, 6.07) is 3.60. The molecule has 1 aromatic rings. The molecular formula is C13H19N5O3. The summed E-state index contributed by atoms with van der Waals surface area (Å²) in [5, 5.41) is 14.4. The van der Waals surface area contributed by atoms with Gasteiger partial charge in [-0.05, 0) is 0 Å². The predicted molar refractivity (Wildman–Crippen MR) is 77.9 cm³/mol. The van der Waals surface area contributed by atoms with Gasteiger partial charge in [0.2, 0.25) is 11.7 Å². The first-order valence-corrected chi connectivity index (χ1v) is 7.08. The first-order valence-electron chi connectivity index (χ1n) is 7.08. The van der Waals surface area contributed by atoms with Crippen LogP contribution in [0.1, 0.15) is 0 Å². The maximum absolute atomic E-state index is 11.2. The highest BCUT2D eigenvalue weighted by Crippen LogP contribution is 2.29. The Labute approximate surface area is 122 Å². The monoisotopic (exact) mass is 293 g/mol. The molecular weight excluding hydrogens is 274 g/mol. The van der Waals surface area contributed by atoms with Gasteiger partial charge in [0.05, 0.1) is 12.0 Å². The second-order valence-electron chi connectivity index (χ2n) is 5.29. The summed E-state index contributed by atoms with van der Waals surface area (Å²) >= 11 is 0. The molecule has 0 bridgehead atoms. The zero-order valence-corrected chi connectivity index (χ0v) is 12.0. The Balaban J connectivity index is 1.75. The van der Waals surface area contributed by atoms with Crippen LogP contribution in [0.2, 0.25) is 0 Å². The number of piperazine rings is 1. The van der Waals surface area contributed by atoms with E-state index in [0.29, 0.717) is 17.7 Å². The van der Waals surface area contributed by atoms with Crippen LogP contribution in [0.4, 0.5) is 11.5 Å². The molecule has 1 aromatic heterocycles. The molecule has 2 saturated heterocycles. The molecule has 0 aromatic carbocycles. The fourth-order valence-corrected chi connectivity index (χ4v) is 2.74. The number of methoxy groups -OCH3 is 1. The molecule has 0 spiro atoms. The van der Waals surface area contributed by atoms with Gasteiger partial charge >= 0.3 is 5.69 Å². The van der Waals surface area contributed by atoms with Crippen molar-refractivity contribution < 1.29 is 9.66 Å². The lowest BCUT2D eigenvalue weighted by Gasteiger charge is -2.43. The van der Waals surface area contributed by atoms with Crippen LogP contribution < -0.4 is 15.0 Å². The van der Waals surface area contributed by atoms with Crippen molar-refractivity contribution >= 4 is 11.5 Å². The minimum atomic E-state index is -0.385. The van der Waals surface area contributed by atoms with E-state index >= 15 is 0 Å². The van der Waals surface area contributed by atoms with E-state index in [1.807, 2.05) is 4.90 Å². The van der Waals surface area contributed by atoms with E-state index in [2.05, 4.69) is 15.2 Å². The summed E-state index contributed by atoms with van der Waals surface area (Å²) in [5.41, 5.74) is 0.0366. The van der Waals surface area contributed by atoms with Gasteiger partial charge in [0.1, 0.15) is 0 Å². The summed E-state index contributed by atoms with van der Waals surface area (Å²) in [6.45, 7) is 5.38. The number of anilines is 1. The van der Waals surface area contributed by atoms with Gasteiger partial charge in [-0.1, -0.05) is 0 Å².